The Kier molecular flexibility index (Phi) is 5.63. The third kappa shape index (κ3) is 3.85. The maximum Gasteiger partial charge on any atom is 0.341 e. The van der Waals surface area contributed by atoms with E-state index >= 15 is 0 Å². The fourth-order valence-electron chi connectivity index (χ4n) is 3.71. The van der Waals surface area contributed by atoms with Crippen LogP contribution in [0.5, 0.6) is 0 Å². The molecule has 2 heterocycles. The molecule has 0 bridgehead atoms. The van der Waals surface area contributed by atoms with Gasteiger partial charge in [-0.3, -0.25) is 9.69 Å². The first-order valence-electron chi connectivity index (χ1n) is 10.2. The third-order valence-corrected chi connectivity index (χ3v) is 5.67. The molecule has 2 aromatic carbocycles. The minimum Gasteiger partial charge on any atom is -0.457 e. The number of hydrogen-bond acceptors (Lipinski definition) is 5. The zero-order chi connectivity index (χ0) is 21.3. The number of aryl methyl sites for hydroxylation is 1. The number of nitrogens with one attached hydrogen (secondary N) is 1. The Morgan fingerprint density at radius 1 is 1.33 bits per heavy atom. The molecule has 6 nitrogen and oxygen atoms in total. The topological polar surface area (TPSA) is 75.3 Å². The predicted octanol–water partition coefficient (Wildman–Crippen LogP) is 3.58. The maximum atomic E-state index is 14.9. The number of carbonyl (C=O) groups is 1. The summed E-state index contributed by atoms with van der Waals surface area (Å²) in [4.78, 5) is 34.5. The molecule has 1 atom stereocenters. The molecule has 30 heavy (non-hydrogen) atoms. The Morgan fingerprint density at radius 3 is 2.73 bits per heavy atom. The van der Waals surface area contributed by atoms with Gasteiger partial charge in [0.15, 0.2) is 5.82 Å². The van der Waals surface area contributed by atoms with Crippen LogP contribution in [0.2, 0.25) is 0 Å². The summed E-state index contributed by atoms with van der Waals surface area (Å²) in [5.74, 6) is -1.16. The number of esters is 1. The number of ether oxygens (including phenoxy) is 1. The van der Waals surface area contributed by atoms with Crippen LogP contribution in [0, 0.1) is 5.82 Å². The van der Waals surface area contributed by atoms with E-state index in [0.29, 0.717) is 24.6 Å². The van der Waals surface area contributed by atoms with Crippen LogP contribution in [-0.2, 0) is 24.3 Å². The Labute approximate surface area is 173 Å². The minimum atomic E-state index is -0.603. The maximum absolute atomic E-state index is 14.9. The molecular formula is C23H24FN3O3. The third-order valence-electron chi connectivity index (χ3n) is 5.67. The van der Waals surface area contributed by atoms with Crippen LogP contribution in [0.4, 0.5) is 4.39 Å². The van der Waals surface area contributed by atoms with Gasteiger partial charge in [0.25, 0.3) is 5.56 Å². The highest BCUT2D eigenvalue weighted by molar-refractivity contribution is 6.03. The van der Waals surface area contributed by atoms with Crippen molar-refractivity contribution < 1.29 is 13.9 Å². The summed E-state index contributed by atoms with van der Waals surface area (Å²) in [6.07, 6.45) is 1.42. The summed E-state index contributed by atoms with van der Waals surface area (Å²) in [7, 11) is 0. The molecule has 1 aromatic heterocycles. The Hall–Kier alpha value is -3.06. The molecule has 7 heteroatoms. The van der Waals surface area contributed by atoms with Crippen molar-refractivity contribution in [1.82, 2.24) is 14.9 Å². The first-order valence-corrected chi connectivity index (χ1v) is 10.2. The summed E-state index contributed by atoms with van der Waals surface area (Å²) in [5.41, 5.74) is 1.40. The number of nitrogens with zero attached hydrogens (tertiary/aromatic N) is 2. The van der Waals surface area contributed by atoms with Crippen molar-refractivity contribution in [2.45, 2.75) is 45.9 Å². The number of fused-ring (bicyclic) bond motifs is 1. The number of hydrogen-bond donors (Lipinski definition) is 1. The molecule has 156 valence electrons. The van der Waals surface area contributed by atoms with Gasteiger partial charge in [-0.1, -0.05) is 37.3 Å². The standard InChI is InChI=1S/C23H24FN3O3/c1-3-18-22(28)26-21-19(23(29)30-13-15-7-5-4-6-8-15)16(11-17(24)20(21)25-18)12-27-10-9-14(27)2/h4-8,11,14H,3,9-10,12-13H2,1-2H3,(H,26,28)/t14-/m1/s1. The summed E-state index contributed by atoms with van der Waals surface area (Å²) in [6.45, 7) is 5.23. The number of rotatable bonds is 6. The van der Waals surface area contributed by atoms with Crippen molar-refractivity contribution >= 4 is 17.0 Å². The summed E-state index contributed by atoms with van der Waals surface area (Å²) in [6, 6.07) is 11.0. The first kappa shape index (κ1) is 20.2. The molecule has 1 aliphatic heterocycles. The second-order valence-corrected chi connectivity index (χ2v) is 7.65. The lowest BCUT2D eigenvalue weighted by Gasteiger charge is -2.39. The van der Waals surface area contributed by atoms with Crippen LogP contribution >= 0.6 is 0 Å². The number of likely N-dealkylation sites (tertiary alicyclic amines) is 1. The van der Waals surface area contributed by atoms with Gasteiger partial charge >= 0.3 is 5.97 Å². The summed E-state index contributed by atoms with van der Waals surface area (Å²) >= 11 is 0. The summed E-state index contributed by atoms with van der Waals surface area (Å²) < 4.78 is 20.4. The second kappa shape index (κ2) is 8.36. The van der Waals surface area contributed by atoms with E-state index in [2.05, 4.69) is 21.8 Å². The van der Waals surface area contributed by atoms with Gasteiger partial charge in [-0.15, -0.1) is 0 Å². The molecule has 0 unspecified atom stereocenters. The van der Waals surface area contributed by atoms with Crippen molar-refractivity contribution in [1.29, 1.82) is 0 Å². The van der Waals surface area contributed by atoms with E-state index in [4.69, 9.17) is 4.74 Å². The SMILES string of the molecule is CCc1nc2c(F)cc(CN3CC[C@H]3C)c(C(=O)OCc3ccccc3)c2[nH]c1=O. The number of benzene rings is 2. The van der Waals surface area contributed by atoms with Crippen LogP contribution in [-0.4, -0.2) is 33.4 Å². The average Bonchev–Trinajstić information content (AvgIpc) is 2.75. The molecule has 1 saturated heterocycles. The zero-order valence-electron chi connectivity index (χ0n) is 17.1. The molecule has 1 aliphatic rings. The molecule has 0 spiro atoms. The van der Waals surface area contributed by atoms with E-state index in [1.54, 1.807) is 6.92 Å². The lowest BCUT2D eigenvalue weighted by Crippen LogP contribution is -2.45. The van der Waals surface area contributed by atoms with Gasteiger partial charge in [-0.25, -0.2) is 14.2 Å². The number of carbonyl (C=O) groups excluding carboxylic acids is 1. The fourth-order valence-corrected chi connectivity index (χ4v) is 3.71. The normalized spacial score (nSPS) is 16.4. The van der Waals surface area contributed by atoms with E-state index in [0.717, 1.165) is 18.5 Å². The Bertz CT molecular complexity index is 1140. The van der Waals surface area contributed by atoms with Gasteiger partial charge in [0, 0.05) is 19.1 Å². The first-order chi connectivity index (χ1) is 14.5. The second-order valence-electron chi connectivity index (χ2n) is 7.65. The number of halogens is 1. The predicted molar refractivity (Wildman–Crippen MR) is 112 cm³/mol. The smallest absolute Gasteiger partial charge is 0.341 e. The number of aromatic nitrogens is 2. The number of H-pyrrole nitrogens is 1. The molecule has 0 amide bonds. The van der Waals surface area contributed by atoms with Gasteiger partial charge in [-0.2, -0.15) is 0 Å². The van der Waals surface area contributed by atoms with Crippen LogP contribution in [0.3, 0.4) is 0 Å². The van der Waals surface area contributed by atoms with Crippen LogP contribution in [0.15, 0.2) is 41.2 Å². The molecule has 0 saturated carbocycles. The molecule has 1 fully saturated rings. The lowest BCUT2D eigenvalue weighted by atomic mass is 9.99. The van der Waals surface area contributed by atoms with Crippen molar-refractivity contribution in [3.63, 3.8) is 0 Å². The van der Waals surface area contributed by atoms with E-state index in [1.807, 2.05) is 30.3 Å². The van der Waals surface area contributed by atoms with Gasteiger partial charge < -0.3 is 9.72 Å². The number of aromatic amines is 1. The van der Waals surface area contributed by atoms with E-state index in [-0.39, 0.29) is 28.9 Å². The van der Waals surface area contributed by atoms with Crippen LogP contribution in [0.25, 0.3) is 11.0 Å². The van der Waals surface area contributed by atoms with E-state index in [1.165, 1.54) is 6.07 Å². The van der Waals surface area contributed by atoms with Gasteiger partial charge in [0.2, 0.25) is 0 Å². The molecule has 1 N–H and O–H groups in total. The van der Waals surface area contributed by atoms with Crippen molar-refractivity contribution in [3.05, 3.63) is 75.0 Å². The van der Waals surface area contributed by atoms with Crippen LogP contribution < -0.4 is 5.56 Å². The monoisotopic (exact) mass is 409 g/mol. The van der Waals surface area contributed by atoms with E-state index in [9.17, 15) is 14.0 Å². The summed E-state index contributed by atoms with van der Waals surface area (Å²) in [5, 5.41) is 0. The molecule has 0 aliphatic carbocycles. The highest BCUT2D eigenvalue weighted by Crippen LogP contribution is 2.28. The molecule has 4 rings (SSSR count). The Morgan fingerprint density at radius 2 is 2.10 bits per heavy atom. The van der Waals surface area contributed by atoms with Gasteiger partial charge in [0.05, 0.1) is 11.1 Å². The Balaban J connectivity index is 1.78. The molecule has 0 radical (unpaired) electrons. The van der Waals surface area contributed by atoms with Gasteiger partial charge in [-0.05, 0) is 37.0 Å². The van der Waals surface area contributed by atoms with Crippen molar-refractivity contribution in [3.8, 4) is 0 Å². The van der Waals surface area contributed by atoms with E-state index < -0.39 is 17.3 Å². The highest BCUT2D eigenvalue weighted by Gasteiger charge is 2.28. The average molecular weight is 409 g/mol. The lowest BCUT2D eigenvalue weighted by molar-refractivity contribution is 0.0467. The molecular weight excluding hydrogens is 385 g/mol. The largest absolute Gasteiger partial charge is 0.457 e. The van der Waals surface area contributed by atoms with Crippen molar-refractivity contribution in [2.75, 3.05) is 6.54 Å². The molecule has 3 aromatic rings. The highest BCUT2D eigenvalue weighted by atomic mass is 19.1. The minimum absolute atomic E-state index is 0.0153. The van der Waals surface area contributed by atoms with Crippen molar-refractivity contribution in [2.24, 2.45) is 0 Å². The van der Waals surface area contributed by atoms with Crippen LogP contribution in [0.1, 0.15) is 47.4 Å². The quantitative estimate of drug-likeness (QED) is 0.630. The zero-order valence-corrected chi connectivity index (χ0v) is 17.1. The van der Waals surface area contributed by atoms with Gasteiger partial charge in [0.1, 0.15) is 17.8 Å². The fraction of sp³-hybridized carbons (Fsp3) is 0.348.